The molecule has 0 saturated carbocycles. The summed E-state index contributed by atoms with van der Waals surface area (Å²) in [5.74, 6) is 2.09. The third-order valence-electron chi connectivity index (χ3n) is 6.07. The zero-order chi connectivity index (χ0) is 22.7. The number of hydrogen-bond acceptors (Lipinski definition) is 5. The maximum atomic E-state index is 5.69. The number of anilines is 3. The summed E-state index contributed by atoms with van der Waals surface area (Å²) in [6, 6.07) is 8.56. The highest BCUT2D eigenvalue weighted by Gasteiger charge is 2.23. The zero-order valence-electron chi connectivity index (χ0n) is 19.5. The van der Waals surface area contributed by atoms with Gasteiger partial charge in [-0.2, -0.15) is 0 Å². The average molecular weight is 432 g/mol. The Labute approximate surface area is 191 Å². The Kier molecular flexibility index (Phi) is 6.49. The van der Waals surface area contributed by atoms with Gasteiger partial charge in [0, 0.05) is 24.3 Å². The molecule has 0 atom stereocenters. The molecule has 6 heteroatoms. The fourth-order valence-corrected chi connectivity index (χ4v) is 4.21. The van der Waals surface area contributed by atoms with Crippen LogP contribution in [-0.2, 0) is 0 Å². The maximum Gasteiger partial charge on any atom is 0.237 e. The lowest BCUT2D eigenvalue weighted by Gasteiger charge is -2.32. The molecule has 168 valence electrons. The predicted molar refractivity (Wildman–Crippen MR) is 134 cm³/mol. The van der Waals surface area contributed by atoms with E-state index in [-0.39, 0.29) is 0 Å². The Morgan fingerprint density at radius 2 is 2.09 bits per heavy atom. The lowest BCUT2D eigenvalue weighted by Crippen LogP contribution is -2.32. The number of nitrogens with one attached hydrogen (secondary N) is 2. The monoisotopic (exact) mass is 431 g/mol. The van der Waals surface area contributed by atoms with E-state index in [4.69, 9.17) is 9.73 Å². The molecule has 3 heterocycles. The molecule has 0 unspecified atom stereocenters. The van der Waals surface area contributed by atoms with E-state index in [9.17, 15) is 0 Å². The van der Waals surface area contributed by atoms with Crippen molar-refractivity contribution in [2.75, 3.05) is 41.8 Å². The highest BCUT2D eigenvalue weighted by atomic mass is 16.5. The largest absolute Gasteiger partial charge is 0.474 e. The second kappa shape index (κ2) is 9.47. The minimum atomic E-state index is 0.524. The van der Waals surface area contributed by atoms with Gasteiger partial charge in [-0.3, -0.25) is 0 Å². The second-order valence-electron chi connectivity index (χ2n) is 8.67. The third-order valence-corrected chi connectivity index (χ3v) is 6.07. The number of rotatable bonds is 5. The predicted octanol–water partition coefficient (Wildman–Crippen LogP) is 5.50. The Hall–Kier alpha value is -3.28. The standard InChI is InChI=1S/C26H33N5O/c1-6-20-11-13-31(24-15-28-26-25(18(24)4)27-12-14-32-26)16-23(20)30-19(5)29-22-9-7-21(8-10-22)17(2)3/h6-10,15,17,27H,1,11-14,16H2,2-5H3,(H,29,30). The van der Waals surface area contributed by atoms with Crippen LogP contribution in [0, 0.1) is 6.92 Å². The van der Waals surface area contributed by atoms with Gasteiger partial charge < -0.3 is 20.3 Å². The highest BCUT2D eigenvalue weighted by Crippen LogP contribution is 2.36. The van der Waals surface area contributed by atoms with Crippen LogP contribution in [0.2, 0.25) is 0 Å². The van der Waals surface area contributed by atoms with Crippen LogP contribution in [-0.4, -0.2) is 37.1 Å². The summed E-state index contributed by atoms with van der Waals surface area (Å²) in [6.07, 6.45) is 4.76. The summed E-state index contributed by atoms with van der Waals surface area (Å²) in [6.45, 7) is 15.6. The first kappa shape index (κ1) is 21.9. The van der Waals surface area contributed by atoms with E-state index < -0.39 is 0 Å². The van der Waals surface area contributed by atoms with Crippen molar-refractivity contribution in [2.45, 2.75) is 40.0 Å². The molecule has 4 rings (SSSR count). The van der Waals surface area contributed by atoms with E-state index in [1.54, 1.807) is 0 Å². The number of aromatic nitrogens is 1. The van der Waals surface area contributed by atoms with Crippen LogP contribution in [0.4, 0.5) is 17.1 Å². The smallest absolute Gasteiger partial charge is 0.237 e. The molecule has 1 aromatic heterocycles. The fraction of sp³-hybridized carbons (Fsp3) is 0.385. The molecule has 2 aliphatic heterocycles. The van der Waals surface area contributed by atoms with Crippen LogP contribution in [0.3, 0.4) is 0 Å². The van der Waals surface area contributed by atoms with Gasteiger partial charge in [0.05, 0.1) is 24.1 Å². The molecule has 0 bridgehead atoms. The molecule has 0 saturated heterocycles. The van der Waals surface area contributed by atoms with Crippen molar-refractivity contribution < 1.29 is 4.74 Å². The molecule has 0 amide bonds. The van der Waals surface area contributed by atoms with Gasteiger partial charge in [0.2, 0.25) is 5.88 Å². The Morgan fingerprint density at radius 3 is 2.81 bits per heavy atom. The quantitative estimate of drug-likeness (QED) is 0.484. The molecule has 2 aromatic rings. The highest BCUT2D eigenvalue weighted by molar-refractivity contribution is 5.94. The van der Waals surface area contributed by atoms with Crippen LogP contribution in [0.5, 0.6) is 5.88 Å². The molecule has 1 aromatic carbocycles. The third kappa shape index (κ3) is 4.64. The number of benzene rings is 1. The first-order valence-electron chi connectivity index (χ1n) is 11.3. The van der Waals surface area contributed by atoms with Crippen LogP contribution >= 0.6 is 0 Å². The number of nitrogens with zero attached hydrogens (tertiary/aromatic N) is 3. The summed E-state index contributed by atoms with van der Waals surface area (Å²) < 4.78 is 5.69. The molecule has 2 aliphatic rings. The first-order valence-corrected chi connectivity index (χ1v) is 11.3. The topological polar surface area (TPSA) is 61.8 Å². The van der Waals surface area contributed by atoms with E-state index in [1.807, 2.05) is 19.2 Å². The van der Waals surface area contributed by atoms with Crippen LogP contribution in [0.25, 0.3) is 0 Å². The molecular formula is C26H33N5O. The van der Waals surface area contributed by atoms with Crippen LogP contribution in [0.15, 0.2) is 59.4 Å². The number of aliphatic imine (C=N–C) groups is 1. The molecule has 0 radical (unpaired) electrons. The number of hydrogen-bond donors (Lipinski definition) is 2. The lowest BCUT2D eigenvalue weighted by molar-refractivity contribution is 0.310. The maximum absolute atomic E-state index is 5.69. The summed E-state index contributed by atoms with van der Waals surface area (Å²) in [5, 5.41) is 6.86. The molecular weight excluding hydrogens is 398 g/mol. The minimum Gasteiger partial charge on any atom is -0.474 e. The molecule has 6 nitrogen and oxygen atoms in total. The van der Waals surface area contributed by atoms with Crippen molar-refractivity contribution in [2.24, 2.45) is 4.99 Å². The number of pyridine rings is 1. The van der Waals surface area contributed by atoms with Crippen LogP contribution in [0.1, 0.15) is 44.2 Å². The number of ether oxygens (including phenoxy) is 1. The van der Waals surface area contributed by atoms with E-state index in [2.05, 4.69) is 72.1 Å². The van der Waals surface area contributed by atoms with Crippen LogP contribution < -0.4 is 20.3 Å². The minimum absolute atomic E-state index is 0.524. The SMILES string of the molecule is C=CC1=C(N=C(C)Nc2ccc(C(C)C)cc2)CN(c2cnc3c(c2C)NCCO3)CC1. The fourth-order valence-electron chi connectivity index (χ4n) is 4.21. The van der Waals surface area contributed by atoms with Gasteiger partial charge in [-0.1, -0.05) is 38.6 Å². The first-order chi connectivity index (χ1) is 15.5. The molecule has 32 heavy (non-hydrogen) atoms. The van der Waals surface area contributed by atoms with Gasteiger partial charge in [-0.25, -0.2) is 9.98 Å². The zero-order valence-corrected chi connectivity index (χ0v) is 19.5. The summed E-state index contributed by atoms with van der Waals surface area (Å²) in [7, 11) is 0. The molecule has 0 spiro atoms. The van der Waals surface area contributed by atoms with Gasteiger partial charge in [-0.05, 0) is 49.5 Å². The lowest BCUT2D eigenvalue weighted by atomic mass is 10.0. The summed E-state index contributed by atoms with van der Waals surface area (Å²) in [5.41, 5.74) is 7.90. The van der Waals surface area contributed by atoms with E-state index in [0.29, 0.717) is 18.4 Å². The van der Waals surface area contributed by atoms with Crippen molar-refractivity contribution in [3.8, 4) is 5.88 Å². The van der Waals surface area contributed by atoms with Gasteiger partial charge in [0.15, 0.2) is 0 Å². The summed E-state index contributed by atoms with van der Waals surface area (Å²) >= 11 is 0. The molecule has 0 fully saturated rings. The van der Waals surface area contributed by atoms with Gasteiger partial charge in [0.1, 0.15) is 18.1 Å². The number of allylic oxidation sites excluding steroid dienone is 1. The Bertz CT molecular complexity index is 1050. The number of amidine groups is 1. The summed E-state index contributed by atoms with van der Waals surface area (Å²) in [4.78, 5) is 11.8. The van der Waals surface area contributed by atoms with E-state index in [0.717, 1.165) is 54.6 Å². The van der Waals surface area contributed by atoms with Crippen molar-refractivity contribution in [3.05, 3.63) is 65.5 Å². The molecule has 2 N–H and O–H groups in total. The van der Waals surface area contributed by atoms with Gasteiger partial charge in [0.25, 0.3) is 0 Å². The Balaban J connectivity index is 1.54. The van der Waals surface area contributed by atoms with Crippen molar-refractivity contribution >= 4 is 22.9 Å². The van der Waals surface area contributed by atoms with E-state index >= 15 is 0 Å². The van der Waals surface area contributed by atoms with Gasteiger partial charge >= 0.3 is 0 Å². The molecule has 0 aliphatic carbocycles. The van der Waals surface area contributed by atoms with Crippen molar-refractivity contribution in [1.29, 1.82) is 0 Å². The average Bonchev–Trinajstić information content (AvgIpc) is 2.80. The normalized spacial score (nSPS) is 16.4. The van der Waals surface area contributed by atoms with Crippen molar-refractivity contribution in [3.63, 3.8) is 0 Å². The van der Waals surface area contributed by atoms with Gasteiger partial charge in [-0.15, -0.1) is 0 Å². The number of fused-ring (bicyclic) bond motifs is 1. The van der Waals surface area contributed by atoms with E-state index in [1.165, 1.54) is 16.7 Å². The Morgan fingerprint density at radius 1 is 1.31 bits per heavy atom. The second-order valence-corrected chi connectivity index (χ2v) is 8.67. The van der Waals surface area contributed by atoms with Crippen molar-refractivity contribution in [1.82, 2.24) is 4.98 Å².